The molecule has 0 aliphatic carbocycles. The van der Waals surface area contributed by atoms with E-state index in [-0.39, 0.29) is 5.84 Å². The van der Waals surface area contributed by atoms with Gasteiger partial charge in [0, 0.05) is 24.2 Å². The Morgan fingerprint density at radius 2 is 2.28 bits per heavy atom. The number of pyridine rings is 1. The highest BCUT2D eigenvalue weighted by Gasteiger charge is 2.06. The summed E-state index contributed by atoms with van der Waals surface area (Å²) in [6, 6.07) is 3.66. The van der Waals surface area contributed by atoms with Crippen molar-refractivity contribution in [2.45, 2.75) is 13.5 Å². The molecule has 0 saturated heterocycles. The van der Waals surface area contributed by atoms with Gasteiger partial charge in [-0.1, -0.05) is 0 Å². The van der Waals surface area contributed by atoms with Crippen LogP contribution in [0.4, 0.5) is 5.82 Å². The molecule has 0 aromatic carbocycles. The van der Waals surface area contributed by atoms with Crippen LogP contribution < -0.4 is 10.6 Å². The van der Waals surface area contributed by atoms with Crippen molar-refractivity contribution in [3.05, 3.63) is 40.0 Å². The second kappa shape index (κ2) is 5.14. The Hall–Kier alpha value is -1.95. The number of aryl methyl sites for hydroxylation is 1. The lowest BCUT2D eigenvalue weighted by molar-refractivity contribution is 0.870. The minimum Gasteiger partial charge on any atom is -0.384 e. The number of amidine groups is 1. The second-order valence-corrected chi connectivity index (χ2v) is 5.09. The monoisotopic (exact) mass is 261 g/mol. The number of thiazole rings is 1. The van der Waals surface area contributed by atoms with Crippen LogP contribution in [0.3, 0.4) is 0 Å². The molecule has 0 aliphatic rings. The molecule has 0 radical (unpaired) electrons. The van der Waals surface area contributed by atoms with Crippen LogP contribution >= 0.6 is 11.3 Å². The van der Waals surface area contributed by atoms with Gasteiger partial charge < -0.3 is 10.6 Å². The summed E-state index contributed by atoms with van der Waals surface area (Å²) in [5.74, 6) is 0.873. The lowest BCUT2D eigenvalue weighted by atomic mass is 10.2. The topological polar surface area (TPSA) is 78.9 Å². The number of aromatic nitrogens is 2. The Kier molecular flexibility index (Phi) is 3.57. The Balaban J connectivity index is 2.09. The lowest BCUT2D eigenvalue weighted by Crippen LogP contribution is -2.18. The maximum Gasteiger partial charge on any atom is 0.128 e. The van der Waals surface area contributed by atoms with Crippen LogP contribution in [0.25, 0.3) is 0 Å². The number of hydrogen-bond acceptors (Lipinski definition) is 5. The molecule has 0 amide bonds. The summed E-state index contributed by atoms with van der Waals surface area (Å²) in [6.45, 7) is 2.71. The predicted molar refractivity (Wildman–Crippen MR) is 74.2 cm³/mol. The van der Waals surface area contributed by atoms with E-state index in [0.29, 0.717) is 5.56 Å². The predicted octanol–water partition coefficient (Wildman–Crippen LogP) is 1.77. The molecule has 0 atom stereocenters. The van der Waals surface area contributed by atoms with Crippen LogP contribution in [0.1, 0.15) is 16.3 Å². The number of nitrogen functional groups attached to an aromatic ring is 1. The molecule has 0 aliphatic heterocycles. The van der Waals surface area contributed by atoms with Crippen molar-refractivity contribution in [3.63, 3.8) is 0 Å². The molecule has 2 aromatic rings. The Labute approximate surface area is 110 Å². The van der Waals surface area contributed by atoms with Crippen LogP contribution in [-0.4, -0.2) is 22.9 Å². The summed E-state index contributed by atoms with van der Waals surface area (Å²) < 4.78 is 0. The summed E-state index contributed by atoms with van der Waals surface area (Å²) >= 11 is 1.65. The fourth-order valence-corrected chi connectivity index (χ4v) is 2.18. The summed E-state index contributed by atoms with van der Waals surface area (Å²) in [5, 5.41) is 10.4. The normalized spacial score (nSPS) is 10.3. The molecule has 6 heteroatoms. The molecular formula is C12H15N5S. The van der Waals surface area contributed by atoms with E-state index in [4.69, 9.17) is 11.1 Å². The third-order valence-electron chi connectivity index (χ3n) is 2.52. The van der Waals surface area contributed by atoms with Gasteiger partial charge in [0.2, 0.25) is 0 Å². The number of anilines is 1. The average molecular weight is 261 g/mol. The summed E-state index contributed by atoms with van der Waals surface area (Å²) in [7, 11) is 1.96. The zero-order chi connectivity index (χ0) is 13.1. The van der Waals surface area contributed by atoms with Crippen LogP contribution in [0, 0.1) is 12.3 Å². The molecule has 0 bridgehead atoms. The quantitative estimate of drug-likeness (QED) is 0.649. The summed E-state index contributed by atoms with van der Waals surface area (Å²) in [5.41, 5.74) is 7.06. The fraction of sp³-hybridized carbons (Fsp3) is 0.250. The maximum absolute atomic E-state index is 7.31. The number of rotatable bonds is 4. The van der Waals surface area contributed by atoms with Gasteiger partial charge in [0.05, 0.1) is 17.2 Å². The van der Waals surface area contributed by atoms with E-state index in [1.54, 1.807) is 23.6 Å². The number of nitrogens with two attached hydrogens (primary N) is 1. The molecule has 2 heterocycles. The van der Waals surface area contributed by atoms with E-state index >= 15 is 0 Å². The smallest absolute Gasteiger partial charge is 0.128 e. The van der Waals surface area contributed by atoms with Crippen LogP contribution in [0.2, 0.25) is 0 Å². The Morgan fingerprint density at radius 1 is 1.50 bits per heavy atom. The first-order valence-corrected chi connectivity index (χ1v) is 6.37. The minimum atomic E-state index is 0.0341. The van der Waals surface area contributed by atoms with Crippen molar-refractivity contribution in [2.75, 3.05) is 11.9 Å². The molecule has 0 unspecified atom stereocenters. The number of nitrogens with one attached hydrogen (secondary N) is 1. The first-order valence-electron chi connectivity index (χ1n) is 5.49. The molecule has 2 rings (SSSR count). The van der Waals surface area contributed by atoms with E-state index in [9.17, 15) is 0 Å². The Bertz CT molecular complexity index is 546. The van der Waals surface area contributed by atoms with E-state index in [0.717, 1.165) is 23.1 Å². The molecule has 0 fully saturated rings. The Morgan fingerprint density at radius 3 is 2.78 bits per heavy atom. The van der Waals surface area contributed by atoms with E-state index in [1.807, 2.05) is 24.9 Å². The fourth-order valence-electron chi connectivity index (χ4n) is 1.58. The molecule has 94 valence electrons. The molecule has 2 aromatic heterocycles. The highest BCUT2D eigenvalue weighted by Crippen LogP contribution is 2.14. The summed E-state index contributed by atoms with van der Waals surface area (Å²) in [4.78, 5) is 10.7. The van der Waals surface area contributed by atoms with Crippen LogP contribution in [-0.2, 0) is 6.54 Å². The molecule has 5 nitrogen and oxygen atoms in total. The molecule has 0 saturated carbocycles. The van der Waals surface area contributed by atoms with Gasteiger partial charge >= 0.3 is 0 Å². The first-order chi connectivity index (χ1) is 8.56. The van der Waals surface area contributed by atoms with Crippen LogP contribution in [0.5, 0.6) is 0 Å². The largest absolute Gasteiger partial charge is 0.384 e. The van der Waals surface area contributed by atoms with Gasteiger partial charge in [-0.3, -0.25) is 5.41 Å². The third-order valence-corrected chi connectivity index (χ3v) is 3.34. The minimum absolute atomic E-state index is 0.0341. The molecule has 3 N–H and O–H groups in total. The van der Waals surface area contributed by atoms with Crippen molar-refractivity contribution < 1.29 is 0 Å². The van der Waals surface area contributed by atoms with Gasteiger partial charge in [0.25, 0.3) is 0 Å². The van der Waals surface area contributed by atoms with Crippen molar-refractivity contribution in [1.29, 1.82) is 5.41 Å². The van der Waals surface area contributed by atoms with E-state index < -0.39 is 0 Å². The SMILES string of the molecule is Cc1nc(CN(C)c2ccc(C(=N)N)cn2)cs1. The second-order valence-electron chi connectivity index (χ2n) is 4.03. The van der Waals surface area contributed by atoms with Gasteiger partial charge in [-0.15, -0.1) is 11.3 Å². The highest BCUT2D eigenvalue weighted by atomic mass is 32.1. The van der Waals surface area contributed by atoms with Gasteiger partial charge in [-0.2, -0.15) is 0 Å². The zero-order valence-electron chi connectivity index (χ0n) is 10.3. The van der Waals surface area contributed by atoms with Gasteiger partial charge in [0.15, 0.2) is 0 Å². The summed E-state index contributed by atoms with van der Waals surface area (Å²) in [6.07, 6.45) is 1.61. The van der Waals surface area contributed by atoms with Crippen molar-refractivity contribution in [1.82, 2.24) is 9.97 Å². The maximum atomic E-state index is 7.31. The molecule has 18 heavy (non-hydrogen) atoms. The number of hydrogen-bond donors (Lipinski definition) is 2. The van der Waals surface area contributed by atoms with Gasteiger partial charge in [0.1, 0.15) is 11.7 Å². The average Bonchev–Trinajstić information content (AvgIpc) is 2.75. The van der Waals surface area contributed by atoms with Crippen LogP contribution in [0.15, 0.2) is 23.7 Å². The first kappa shape index (κ1) is 12.5. The van der Waals surface area contributed by atoms with Crippen molar-refractivity contribution in [2.24, 2.45) is 5.73 Å². The van der Waals surface area contributed by atoms with Crippen molar-refractivity contribution in [3.8, 4) is 0 Å². The highest BCUT2D eigenvalue weighted by molar-refractivity contribution is 7.09. The van der Waals surface area contributed by atoms with Crippen molar-refractivity contribution >= 4 is 23.0 Å². The standard InChI is InChI=1S/C12H15N5S/c1-8-16-10(7-18-8)6-17(2)11-4-3-9(5-15-11)12(13)14/h3-5,7H,6H2,1-2H3,(H3,13,14). The van der Waals surface area contributed by atoms with E-state index in [2.05, 4.69) is 15.3 Å². The molecular weight excluding hydrogens is 246 g/mol. The third kappa shape index (κ3) is 2.84. The lowest BCUT2D eigenvalue weighted by Gasteiger charge is -2.16. The van der Waals surface area contributed by atoms with Gasteiger partial charge in [-0.25, -0.2) is 9.97 Å². The van der Waals surface area contributed by atoms with Gasteiger partial charge in [-0.05, 0) is 19.1 Å². The molecule has 0 spiro atoms. The zero-order valence-corrected chi connectivity index (χ0v) is 11.2. The number of nitrogens with zero attached hydrogens (tertiary/aromatic N) is 3. The van der Waals surface area contributed by atoms with E-state index in [1.165, 1.54) is 0 Å².